The molecule has 2 nitrogen and oxygen atoms in total. The van der Waals surface area contributed by atoms with Crippen molar-refractivity contribution >= 4 is 5.78 Å². The van der Waals surface area contributed by atoms with E-state index in [2.05, 4.69) is 0 Å². The van der Waals surface area contributed by atoms with Crippen molar-refractivity contribution in [3.8, 4) is 28.0 Å². The third-order valence-electron chi connectivity index (χ3n) is 3.70. The molecule has 0 fully saturated rings. The molecule has 0 atom stereocenters. The van der Waals surface area contributed by atoms with E-state index in [0.717, 1.165) is 22.3 Å². The predicted octanol–water partition coefficient (Wildman–Crippen LogP) is 4.93. The first-order valence-corrected chi connectivity index (χ1v) is 7.15. The molecule has 3 aromatic carbocycles. The molecule has 0 unspecified atom stereocenters. The van der Waals surface area contributed by atoms with E-state index in [-0.39, 0.29) is 11.5 Å². The van der Waals surface area contributed by atoms with E-state index in [0.29, 0.717) is 5.56 Å². The van der Waals surface area contributed by atoms with Gasteiger partial charge in [0, 0.05) is 11.1 Å². The van der Waals surface area contributed by atoms with Gasteiger partial charge in [0.2, 0.25) is 0 Å². The predicted molar refractivity (Wildman–Crippen MR) is 89.0 cm³/mol. The normalized spacial score (nSPS) is 10.4. The van der Waals surface area contributed by atoms with Crippen LogP contribution in [-0.2, 0) is 0 Å². The van der Waals surface area contributed by atoms with Crippen molar-refractivity contribution in [2.24, 2.45) is 0 Å². The SMILES string of the molecule is CC(=O)c1cc(-c2ccccc2O)ccc1-c1ccccc1. The van der Waals surface area contributed by atoms with Crippen molar-refractivity contribution < 1.29 is 9.90 Å². The van der Waals surface area contributed by atoms with E-state index in [1.807, 2.05) is 60.7 Å². The van der Waals surface area contributed by atoms with Gasteiger partial charge in [-0.15, -0.1) is 0 Å². The molecular weight excluding hydrogens is 272 g/mol. The molecule has 0 amide bonds. The highest BCUT2D eigenvalue weighted by molar-refractivity contribution is 6.02. The van der Waals surface area contributed by atoms with E-state index in [1.54, 1.807) is 19.1 Å². The van der Waals surface area contributed by atoms with Crippen LogP contribution in [0.15, 0.2) is 72.8 Å². The molecule has 2 heteroatoms. The summed E-state index contributed by atoms with van der Waals surface area (Å²) in [6.45, 7) is 1.57. The fourth-order valence-electron chi connectivity index (χ4n) is 2.59. The minimum atomic E-state index is 0.0103. The zero-order valence-electron chi connectivity index (χ0n) is 12.3. The molecular formula is C20H16O2. The quantitative estimate of drug-likeness (QED) is 0.694. The van der Waals surface area contributed by atoms with Crippen LogP contribution in [0, 0.1) is 0 Å². The van der Waals surface area contributed by atoms with Gasteiger partial charge in [0.25, 0.3) is 0 Å². The maximum Gasteiger partial charge on any atom is 0.160 e. The van der Waals surface area contributed by atoms with Gasteiger partial charge in [-0.3, -0.25) is 4.79 Å². The number of rotatable bonds is 3. The first kappa shape index (κ1) is 14.1. The van der Waals surface area contributed by atoms with Crippen LogP contribution >= 0.6 is 0 Å². The van der Waals surface area contributed by atoms with Crippen molar-refractivity contribution in [3.63, 3.8) is 0 Å². The lowest BCUT2D eigenvalue weighted by Crippen LogP contribution is -1.97. The second-order valence-electron chi connectivity index (χ2n) is 5.20. The zero-order chi connectivity index (χ0) is 15.5. The maximum absolute atomic E-state index is 12.0. The fourth-order valence-corrected chi connectivity index (χ4v) is 2.59. The van der Waals surface area contributed by atoms with Crippen molar-refractivity contribution in [1.82, 2.24) is 0 Å². The van der Waals surface area contributed by atoms with E-state index in [4.69, 9.17) is 0 Å². The van der Waals surface area contributed by atoms with Crippen LogP contribution in [0.1, 0.15) is 17.3 Å². The van der Waals surface area contributed by atoms with Crippen molar-refractivity contribution in [1.29, 1.82) is 0 Å². The molecule has 0 bridgehead atoms. The van der Waals surface area contributed by atoms with Crippen LogP contribution in [0.5, 0.6) is 5.75 Å². The molecule has 0 spiro atoms. The number of ketones is 1. The van der Waals surface area contributed by atoms with Crippen LogP contribution in [0.3, 0.4) is 0 Å². The van der Waals surface area contributed by atoms with Gasteiger partial charge in [0.1, 0.15) is 5.75 Å². The molecule has 0 aliphatic heterocycles. The molecule has 0 aliphatic rings. The highest BCUT2D eigenvalue weighted by Gasteiger charge is 2.12. The third kappa shape index (κ3) is 2.63. The average molecular weight is 288 g/mol. The van der Waals surface area contributed by atoms with Crippen molar-refractivity contribution in [2.45, 2.75) is 6.92 Å². The highest BCUT2D eigenvalue weighted by atomic mass is 16.3. The molecule has 108 valence electrons. The summed E-state index contributed by atoms with van der Waals surface area (Å²) in [5.41, 5.74) is 4.14. The fraction of sp³-hybridized carbons (Fsp3) is 0.0500. The number of hydrogen-bond donors (Lipinski definition) is 1. The number of phenols is 1. The highest BCUT2D eigenvalue weighted by Crippen LogP contribution is 2.33. The molecule has 0 saturated carbocycles. The van der Waals surface area contributed by atoms with E-state index < -0.39 is 0 Å². The molecule has 0 saturated heterocycles. The molecule has 0 radical (unpaired) electrons. The lowest BCUT2D eigenvalue weighted by atomic mass is 9.93. The Morgan fingerprint density at radius 3 is 2.14 bits per heavy atom. The second-order valence-corrected chi connectivity index (χ2v) is 5.20. The summed E-state index contributed by atoms with van der Waals surface area (Å²) in [7, 11) is 0. The zero-order valence-corrected chi connectivity index (χ0v) is 12.3. The van der Waals surface area contributed by atoms with Crippen LogP contribution in [-0.4, -0.2) is 10.9 Å². The Kier molecular flexibility index (Phi) is 3.75. The van der Waals surface area contributed by atoms with Gasteiger partial charge in [-0.25, -0.2) is 0 Å². The molecule has 1 N–H and O–H groups in total. The van der Waals surface area contributed by atoms with Crippen molar-refractivity contribution in [2.75, 3.05) is 0 Å². The Morgan fingerprint density at radius 2 is 1.45 bits per heavy atom. The largest absolute Gasteiger partial charge is 0.507 e. The Balaban J connectivity index is 2.17. The summed E-state index contributed by atoms with van der Waals surface area (Å²) in [5.74, 6) is 0.223. The molecule has 0 aromatic heterocycles. The topological polar surface area (TPSA) is 37.3 Å². The summed E-state index contributed by atoms with van der Waals surface area (Å²) >= 11 is 0. The molecule has 3 rings (SSSR count). The Bertz CT molecular complexity index is 820. The summed E-state index contributed by atoms with van der Waals surface area (Å²) in [4.78, 5) is 12.0. The van der Waals surface area contributed by atoms with Gasteiger partial charge in [-0.2, -0.15) is 0 Å². The minimum Gasteiger partial charge on any atom is -0.507 e. The number of para-hydroxylation sites is 1. The average Bonchev–Trinajstić information content (AvgIpc) is 2.55. The summed E-state index contributed by atoms with van der Waals surface area (Å²) in [5, 5.41) is 9.99. The third-order valence-corrected chi connectivity index (χ3v) is 3.70. The first-order chi connectivity index (χ1) is 10.7. The summed E-state index contributed by atoms with van der Waals surface area (Å²) in [6, 6.07) is 22.7. The molecule has 22 heavy (non-hydrogen) atoms. The monoisotopic (exact) mass is 288 g/mol. The standard InChI is InChI=1S/C20H16O2/c1-14(21)19-13-16(18-9-5-6-10-20(18)22)11-12-17(19)15-7-3-2-4-8-15/h2-13,22H,1H3. The number of carbonyl (C=O) groups is 1. The lowest BCUT2D eigenvalue weighted by Gasteiger charge is -2.11. The van der Waals surface area contributed by atoms with Gasteiger partial charge in [0.05, 0.1) is 0 Å². The summed E-state index contributed by atoms with van der Waals surface area (Å²) < 4.78 is 0. The summed E-state index contributed by atoms with van der Waals surface area (Å²) in [6.07, 6.45) is 0. The van der Waals surface area contributed by atoms with Crippen LogP contribution in [0.4, 0.5) is 0 Å². The number of benzene rings is 3. The van der Waals surface area contributed by atoms with Crippen LogP contribution < -0.4 is 0 Å². The van der Waals surface area contributed by atoms with E-state index in [1.165, 1.54) is 0 Å². The molecule has 3 aromatic rings. The molecule has 0 aliphatic carbocycles. The van der Waals surface area contributed by atoms with E-state index in [9.17, 15) is 9.90 Å². The first-order valence-electron chi connectivity index (χ1n) is 7.15. The van der Waals surface area contributed by atoms with Gasteiger partial charge in [0.15, 0.2) is 5.78 Å². The smallest absolute Gasteiger partial charge is 0.160 e. The number of hydrogen-bond acceptors (Lipinski definition) is 2. The van der Waals surface area contributed by atoms with Gasteiger partial charge < -0.3 is 5.11 Å². The van der Waals surface area contributed by atoms with Gasteiger partial charge >= 0.3 is 0 Å². The Hall–Kier alpha value is -2.87. The van der Waals surface area contributed by atoms with Crippen molar-refractivity contribution in [3.05, 3.63) is 78.4 Å². The molecule has 0 heterocycles. The van der Waals surface area contributed by atoms with Crippen LogP contribution in [0.25, 0.3) is 22.3 Å². The minimum absolute atomic E-state index is 0.0103. The van der Waals surface area contributed by atoms with Crippen LogP contribution in [0.2, 0.25) is 0 Å². The number of Topliss-reactive ketones (excluding diaryl/α,β-unsaturated/α-hetero) is 1. The second kappa shape index (κ2) is 5.86. The number of carbonyl (C=O) groups excluding carboxylic acids is 1. The van der Waals surface area contributed by atoms with E-state index >= 15 is 0 Å². The Morgan fingerprint density at radius 1 is 0.773 bits per heavy atom. The van der Waals surface area contributed by atoms with Gasteiger partial charge in [-0.05, 0) is 35.7 Å². The van der Waals surface area contributed by atoms with Gasteiger partial charge in [-0.1, -0.05) is 60.7 Å². The lowest BCUT2D eigenvalue weighted by molar-refractivity contribution is 0.101. The Labute approximate surface area is 129 Å². The number of phenolic OH excluding ortho intramolecular Hbond substituents is 1. The maximum atomic E-state index is 12.0. The number of aromatic hydroxyl groups is 1.